The van der Waals surface area contributed by atoms with Gasteiger partial charge < -0.3 is 10.2 Å². The van der Waals surface area contributed by atoms with Crippen LogP contribution < -0.4 is 10.2 Å². The Kier molecular flexibility index (Phi) is 5.31. The van der Waals surface area contributed by atoms with Crippen molar-refractivity contribution in [1.29, 1.82) is 0 Å². The molecule has 0 aliphatic carbocycles. The van der Waals surface area contributed by atoms with Crippen molar-refractivity contribution in [3.8, 4) is 0 Å². The summed E-state index contributed by atoms with van der Waals surface area (Å²) in [4.78, 5) is 16.8. The first kappa shape index (κ1) is 19.1. The predicted molar refractivity (Wildman–Crippen MR) is 104 cm³/mol. The molecule has 1 fully saturated rings. The standard InChI is InChI=1S/C18H22N4O4S/c1-13-3-6-18(19-12-13)21-9-7-14(8-10-21)20-15-4-5-16(22(23)24)17(11-15)27(2,25)26/h3-6,11-12,14,20H,7-10H2,1-2H3. The fourth-order valence-corrected chi connectivity index (χ4v) is 4.05. The van der Waals surface area contributed by atoms with Gasteiger partial charge in [0.2, 0.25) is 0 Å². The van der Waals surface area contributed by atoms with Gasteiger partial charge in [0, 0.05) is 43.3 Å². The Hall–Kier alpha value is -2.68. The van der Waals surface area contributed by atoms with Crippen LogP contribution in [-0.4, -0.2) is 43.7 Å². The first-order valence-corrected chi connectivity index (χ1v) is 10.6. The predicted octanol–water partition coefficient (Wildman–Crippen LogP) is 2.78. The van der Waals surface area contributed by atoms with E-state index in [9.17, 15) is 18.5 Å². The van der Waals surface area contributed by atoms with E-state index in [1.807, 2.05) is 25.3 Å². The van der Waals surface area contributed by atoms with Crippen LogP contribution in [0, 0.1) is 17.0 Å². The average molecular weight is 390 g/mol. The van der Waals surface area contributed by atoms with Crippen molar-refractivity contribution in [2.75, 3.05) is 29.6 Å². The van der Waals surface area contributed by atoms with Crippen LogP contribution in [-0.2, 0) is 9.84 Å². The summed E-state index contributed by atoms with van der Waals surface area (Å²) < 4.78 is 23.8. The number of hydrogen-bond acceptors (Lipinski definition) is 7. The third-order valence-electron chi connectivity index (χ3n) is 4.64. The second kappa shape index (κ2) is 7.51. The zero-order chi connectivity index (χ0) is 19.6. The molecule has 0 amide bonds. The molecule has 1 aromatic carbocycles. The molecule has 0 radical (unpaired) electrons. The number of rotatable bonds is 5. The van der Waals surface area contributed by atoms with E-state index in [2.05, 4.69) is 15.2 Å². The van der Waals surface area contributed by atoms with Crippen LogP contribution in [0.2, 0.25) is 0 Å². The molecule has 2 aromatic rings. The SMILES string of the molecule is Cc1ccc(N2CCC(Nc3ccc([N+](=O)[O-])c(S(C)(=O)=O)c3)CC2)nc1. The highest BCUT2D eigenvalue weighted by Crippen LogP contribution is 2.28. The molecule has 1 aliphatic heterocycles. The first-order valence-electron chi connectivity index (χ1n) is 8.66. The van der Waals surface area contributed by atoms with Gasteiger partial charge in [-0.2, -0.15) is 0 Å². The van der Waals surface area contributed by atoms with Crippen LogP contribution in [0.1, 0.15) is 18.4 Å². The molecule has 0 bridgehead atoms. The number of benzene rings is 1. The van der Waals surface area contributed by atoms with Gasteiger partial charge in [-0.1, -0.05) is 6.07 Å². The lowest BCUT2D eigenvalue weighted by atomic mass is 10.0. The zero-order valence-corrected chi connectivity index (χ0v) is 16.1. The number of nitro benzene ring substituents is 1. The fraction of sp³-hybridized carbons (Fsp3) is 0.389. The van der Waals surface area contributed by atoms with Crippen molar-refractivity contribution in [3.63, 3.8) is 0 Å². The van der Waals surface area contributed by atoms with E-state index in [-0.39, 0.29) is 10.9 Å². The van der Waals surface area contributed by atoms with E-state index in [1.54, 1.807) is 6.07 Å². The molecule has 0 unspecified atom stereocenters. The minimum absolute atomic E-state index is 0.167. The summed E-state index contributed by atoms with van der Waals surface area (Å²) in [6.45, 7) is 3.67. The van der Waals surface area contributed by atoms with Crippen molar-refractivity contribution in [2.24, 2.45) is 0 Å². The number of pyridine rings is 1. The van der Waals surface area contributed by atoms with E-state index < -0.39 is 20.4 Å². The Labute approximate surface area is 158 Å². The Bertz CT molecular complexity index is 936. The summed E-state index contributed by atoms with van der Waals surface area (Å²) in [5.41, 5.74) is 1.30. The monoisotopic (exact) mass is 390 g/mol. The zero-order valence-electron chi connectivity index (χ0n) is 15.3. The van der Waals surface area contributed by atoms with Gasteiger partial charge >= 0.3 is 0 Å². The molecule has 0 saturated carbocycles. The van der Waals surface area contributed by atoms with Crippen LogP contribution >= 0.6 is 0 Å². The molecule has 0 spiro atoms. The highest BCUT2D eigenvalue weighted by Gasteiger charge is 2.24. The Morgan fingerprint density at radius 3 is 2.48 bits per heavy atom. The molecule has 3 rings (SSSR count). The van der Waals surface area contributed by atoms with Crippen molar-refractivity contribution in [2.45, 2.75) is 30.7 Å². The van der Waals surface area contributed by atoms with Crippen LogP contribution in [0.25, 0.3) is 0 Å². The molecule has 2 heterocycles. The van der Waals surface area contributed by atoms with Crippen molar-refractivity contribution < 1.29 is 13.3 Å². The molecule has 1 aromatic heterocycles. The molecular formula is C18H22N4O4S. The molecule has 27 heavy (non-hydrogen) atoms. The number of nitrogens with one attached hydrogen (secondary N) is 1. The maximum Gasteiger partial charge on any atom is 0.288 e. The largest absolute Gasteiger partial charge is 0.382 e. The van der Waals surface area contributed by atoms with E-state index in [4.69, 9.17) is 0 Å². The second-order valence-electron chi connectivity index (χ2n) is 6.81. The molecule has 9 heteroatoms. The Balaban J connectivity index is 1.68. The van der Waals surface area contributed by atoms with Gasteiger partial charge in [-0.15, -0.1) is 0 Å². The van der Waals surface area contributed by atoms with E-state index in [1.165, 1.54) is 12.1 Å². The minimum Gasteiger partial charge on any atom is -0.382 e. The number of hydrogen-bond donors (Lipinski definition) is 1. The Morgan fingerprint density at radius 2 is 1.93 bits per heavy atom. The van der Waals surface area contributed by atoms with E-state index in [0.29, 0.717) is 5.69 Å². The number of aryl methyl sites for hydroxylation is 1. The molecule has 8 nitrogen and oxygen atoms in total. The number of nitrogens with zero attached hydrogens (tertiary/aromatic N) is 3. The molecule has 1 N–H and O–H groups in total. The quantitative estimate of drug-likeness (QED) is 0.618. The summed E-state index contributed by atoms with van der Waals surface area (Å²) >= 11 is 0. The van der Waals surface area contributed by atoms with Crippen LogP contribution in [0.15, 0.2) is 41.4 Å². The number of anilines is 2. The smallest absolute Gasteiger partial charge is 0.288 e. The van der Waals surface area contributed by atoms with Gasteiger partial charge in [-0.3, -0.25) is 10.1 Å². The summed E-state index contributed by atoms with van der Waals surface area (Å²) in [6.07, 6.45) is 4.55. The highest BCUT2D eigenvalue weighted by molar-refractivity contribution is 7.90. The number of sulfone groups is 1. The molecule has 144 valence electrons. The van der Waals surface area contributed by atoms with E-state index >= 15 is 0 Å². The van der Waals surface area contributed by atoms with Crippen LogP contribution in [0.5, 0.6) is 0 Å². The topological polar surface area (TPSA) is 105 Å². The van der Waals surface area contributed by atoms with Crippen LogP contribution in [0.3, 0.4) is 0 Å². The highest BCUT2D eigenvalue weighted by atomic mass is 32.2. The third kappa shape index (κ3) is 4.54. The average Bonchev–Trinajstić information content (AvgIpc) is 2.62. The van der Waals surface area contributed by atoms with Gasteiger partial charge in [0.1, 0.15) is 10.7 Å². The lowest BCUT2D eigenvalue weighted by Crippen LogP contribution is -2.39. The maximum atomic E-state index is 11.9. The van der Waals surface area contributed by atoms with Crippen molar-refractivity contribution in [3.05, 3.63) is 52.2 Å². The lowest BCUT2D eigenvalue weighted by molar-refractivity contribution is -0.387. The maximum absolute atomic E-state index is 11.9. The third-order valence-corrected chi connectivity index (χ3v) is 5.77. The summed E-state index contributed by atoms with van der Waals surface area (Å²) in [5.74, 6) is 0.953. The Morgan fingerprint density at radius 1 is 1.22 bits per heavy atom. The number of aromatic nitrogens is 1. The molecule has 0 atom stereocenters. The van der Waals surface area contributed by atoms with Gasteiger partial charge in [-0.05, 0) is 43.5 Å². The van der Waals surface area contributed by atoms with Crippen molar-refractivity contribution in [1.82, 2.24) is 4.98 Å². The normalized spacial score (nSPS) is 15.6. The second-order valence-corrected chi connectivity index (χ2v) is 8.80. The van der Waals surface area contributed by atoms with Gasteiger partial charge in [0.15, 0.2) is 9.84 Å². The number of piperidine rings is 1. The summed E-state index contributed by atoms with van der Waals surface area (Å²) in [5, 5.41) is 14.4. The molecular weight excluding hydrogens is 368 g/mol. The van der Waals surface area contributed by atoms with E-state index in [0.717, 1.165) is 43.6 Å². The lowest BCUT2D eigenvalue weighted by Gasteiger charge is -2.33. The van der Waals surface area contributed by atoms with Gasteiger partial charge in [-0.25, -0.2) is 13.4 Å². The minimum atomic E-state index is -3.69. The molecule has 1 saturated heterocycles. The number of nitro groups is 1. The molecule has 1 aliphatic rings. The first-order chi connectivity index (χ1) is 12.7. The summed E-state index contributed by atoms with van der Waals surface area (Å²) in [7, 11) is -3.69. The fourth-order valence-electron chi connectivity index (χ4n) is 3.19. The van der Waals surface area contributed by atoms with Gasteiger partial charge in [0.05, 0.1) is 4.92 Å². The van der Waals surface area contributed by atoms with Gasteiger partial charge in [0.25, 0.3) is 5.69 Å². The van der Waals surface area contributed by atoms with Crippen molar-refractivity contribution >= 4 is 27.0 Å². The summed E-state index contributed by atoms with van der Waals surface area (Å²) in [6, 6.07) is 8.36. The van der Waals surface area contributed by atoms with Crippen LogP contribution in [0.4, 0.5) is 17.2 Å².